The van der Waals surface area contributed by atoms with Crippen LogP contribution in [0.25, 0.3) is 0 Å². The lowest BCUT2D eigenvalue weighted by Crippen LogP contribution is -2.54. The number of aromatic nitrogens is 1. The van der Waals surface area contributed by atoms with Crippen molar-refractivity contribution < 1.29 is 28.5 Å². The summed E-state index contributed by atoms with van der Waals surface area (Å²) in [6.45, 7) is 2.43. The van der Waals surface area contributed by atoms with Crippen molar-refractivity contribution in [3.05, 3.63) is 53.4 Å². The summed E-state index contributed by atoms with van der Waals surface area (Å²) in [5, 5.41) is 9.29. The van der Waals surface area contributed by atoms with Crippen LogP contribution in [0, 0.1) is 6.92 Å². The highest BCUT2D eigenvalue weighted by atomic mass is 16.5. The van der Waals surface area contributed by atoms with E-state index in [-0.39, 0.29) is 36.3 Å². The number of carbonyl (C=O) groups is 5. The lowest BCUT2D eigenvalue weighted by atomic mass is 9.96. The van der Waals surface area contributed by atoms with Crippen LogP contribution in [0.15, 0.2) is 40.9 Å². The molecule has 2 fully saturated rings. The Balaban J connectivity index is 1.63. The second-order valence-corrected chi connectivity index (χ2v) is 10.3. The van der Waals surface area contributed by atoms with Gasteiger partial charge in [-0.2, -0.15) is 0 Å². The molecule has 2 aliphatic rings. The number of hydrogen-bond acceptors (Lipinski definition) is 7. The van der Waals surface area contributed by atoms with E-state index in [1.807, 2.05) is 30.3 Å². The highest BCUT2D eigenvalue weighted by Crippen LogP contribution is 2.33. The van der Waals surface area contributed by atoms with E-state index >= 15 is 0 Å². The van der Waals surface area contributed by atoms with E-state index in [0.29, 0.717) is 50.8 Å². The summed E-state index contributed by atoms with van der Waals surface area (Å²) in [6, 6.07) is 8.54. The Morgan fingerprint density at radius 1 is 1.15 bits per heavy atom. The highest BCUT2D eigenvalue weighted by Gasteiger charge is 2.43. The molecule has 0 saturated carbocycles. The Morgan fingerprint density at radius 2 is 1.92 bits per heavy atom. The number of aryl methyl sites for hydroxylation is 1. The zero-order chi connectivity index (χ0) is 27.9. The topological polar surface area (TPSA) is 142 Å². The van der Waals surface area contributed by atoms with Crippen LogP contribution in [0.2, 0.25) is 0 Å². The molecule has 4 amide bonds. The van der Waals surface area contributed by atoms with E-state index in [1.165, 1.54) is 11.0 Å². The van der Waals surface area contributed by atoms with Crippen LogP contribution in [0.5, 0.6) is 0 Å². The van der Waals surface area contributed by atoms with Gasteiger partial charge in [0.2, 0.25) is 17.7 Å². The second-order valence-electron chi connectivity index (χ2n) is 10.3. The first-order valence-electron chi connectivity index (χ1n) is 13.4. The number of amides is 4. The maximum atomic E-state index is 14.0. The fraction of sp³-hybridized carbons (Fsp3) is 0.500. The number of benzene rings is 1. The van der Waals surface area contributed by atoms with Gasteiger partial charge in [0, 0.05) is 38.5 Å². The summed E-state index contributed by atoms with van der Waals surface area (Å²) in [5.74, 6) is -1.12. The van der Waals surface area contributed by atoms with E-state index in [9.17, 15) is 24.0 Å². The predicted molar refractivity (Wildman–Crippen MR) is 141 cm³/mol. The van der Waals surface area contributed by atoms with Gasteiger partial charge in [-0.3, -0.25) is 19.2 Å². The minimum atomic E-state index is -0.910. The summed E-state index contributed by atoms with van der Waals surface area (Å²) in [7, 11) is 1.69. The zero-order valence-corrected chi connectivity index (χ0v) is 22.3. The predicted octanol–water partition coefficient (Wildman–Crippen LogP) is 1.57. The molecular formula is C28H35N5O6. The van der Waals surface area contributed by atoms with Crippen molar-refractivity contribution in [2.45, 2.75) is 69.5 Å². The molecule has 0 aliphatic carbocycles. The molecule has 3 heterocycles. The van der Waals surface area contributed by atoms with Gasteiger partial charge in [0.25, 0.3) is 5.91 Å². The molecule has 2 aliphatic heterocycles. The molecule has 39 heavy (non-hydrogen) atoms. The van der Waals surface area contributed by atoms with E-state index in [0.717, 1.165) is 5.56 Å². The molecule has 11 nitrogen and oxygen atoms in total. The number of carbonyl (C=O) groups excluding carboxylic acids is 5. The molecule has 2 aromatic rings. The van der Waals surface area contributed by atoms with Gasteiger partial charge >= 0.3 is 0 Å². The van der Waals surface area contributed by atoms with Crippen molar-refractivity contribution in [2.75, 3.05) is 20.1 Å². The van der Waals surface area contributed by atoms with Crippen molar-refractivity contribution in [3.63, 3.8) is 0 Å². The maximum Gasteiger partial charge on any atom is 0.274 e. The van der Waals surface area contributed by atoms with Gasteiger partial charge in [-0.15, -0.1) is 0 Å². The van der Waals surface area contributed by atoms with Gasteiger partial charge in [-0.25, -0.2) is 0 Å². The van der Waals surface area contributed by atoms with Gasteiger partial charge < -0.3 is 29.8 Å². The monoisotopic (exact) mass is 537 g/mol. The third kappa shape index (κ3) is 6.90. The Hall–Kier alpha value is -4.02. The number of hydrogen-bond donors (Lipinski definition) is 2. The van der Waals surface area contributed by atoms with Crippen LogP contribution in [-0.2, 0) is 19.2 Å². The number of nitrogens with one attached hydrogen (secondary N) is 2. The molecule has 0 unspecified atom stereocenters. The largest absolute Gasteiger partial charge is 0.361 e. The second kappa shape index (κ2) is 12.7. The standard InChI is InChI=1S/C28H35N5O6/c1-18-14-23(31-39-18)26(36)30-22-10-6-7-13-32(2)25(35)12-11-21(17-34)29-27(37)24-15-20(16-33(24)28(22)38)19-8-4-3-5-9-19/h3-5,8-9,14,17,20-22,24H,6-7,10-13,15-16H2,1-2H3,(H,29,37)(H,30,36)/t20-,21+,22+,24+/m1/s1. The highest BCUT2D eigenvalue weighted by molar-refractivity contribution is 5.97. The summed E-state index contributed by atoms with van der Waals surface area (Å²) in [6.07, 6.45) is 2.80. The number of nitrogens with zero attached hydrogens (tertiary/aromatic N) is 3. The zero-order valence-electron chi connectivity index (χ0n) is 22.3. The Labute approximate surface area is 227 Å². The minimum Gasteiger partial charge on any atom is -0.361 e. The van der Waals surface area contributed by atoms with Gasteiger partial charge in [-0.05, 0) is 44.6 Å². The van der Waals surface area contributed by atoms with Crippen LogP contribution < -0.4 is 10.6 Å². The molecule has 0 spiro atoms. The van der Waals surface area contributed by atoms with E-state index < -0.39 is 29.9 Å². The smallest absolute Gasteiger partial charge is 0.274 e. The van der Waals surface area contributed by atoms with Gasteiger partial charge in [0.1, 0.15) is 24.1 Å². The van der Waals surface area contributed by atoms with Crippen molar-refractivity contribution in [1.82, 2.24) is 25.6 Å². The summed E-state index contributed by atoms with van der Waals surface area (Å²) < 4.78 is 5.01. The van der Waals surface area contributed by atoms with Gasteiger partial charge in [0.15, 0.2) is 5.69 Å². The molecule has 2 N–H and O–H groups in total. The molecule has 0 radical (unpaired) electrons. The third-order valence-electron chi connectivity index (χ3n) is 7.45. The molecule has 1 aromatic heterocycles. The average molecular weight is 538 g/mol. The fourth-order valence-electron chi connectivity index (χ4n) is 5.20. The molecule has 0 bridgehead atoms. The normalized spacial score (nSPS) is 25.3. The molecule has 4 atom stereocenters. The quantitative estimate of drug-likeness (QED) is 0.564. The molecule has 1 aromatic carbocycles. The van der Waals surface area contributed by atoms with E-state index in [4.69, 9.17) is 4.52 Å². The van der Waals surface area contributed by atoms with Crippen LogP contribution in [0.1, 0.15) is 66.3 Å². The minimum absolute atomic E-state index is 0.0632. The van der Waals surface area contributed by atoms with Crippen molar-refractivity contribution in [1.29, 1.82) is 0 Å². The lowest BCUT2D eigenvalue weighted by molar-refractivity contribution is -0.140. The van der Waals surface area contributed by atoms with Gasteiger partial charge in [-0.1, -0.05) is 35.5 Å². The van der Waals surface area contributed by atoms with Crippen molar-refractivity contribution in [2.24, 2.45) is 0 Å². The maximum absolute atomic E-state index is 14.0. The third-order valence-corrected chi connectivity index (χ3v) is 7.45. The fourth-order valence-corrected chi connectivity index (χ4v) is 5.20. The van der Waals surface area contributed by atoms with E-state index in [1.54, 1.807) is 18.9 Å². The molecule has 208 valence electrons. The molecule has 4 rings (SSSR count). The first-order chi connectivity index (χ1) is 18.8. The van der Waals surface area contributed by atoms with Crippen molar-refractivity contribution >= 4 is 29.9 Å². The molecule has 11 heteroatoms. The summed E-state index contributed by atoms with van der Waals surface area (Å²) in [4.78, 5) is 67.8. The van der Waals surface area contributed by atoms with Crippen LogP contribution >= 0.6 is 0 Å². The van der Waals surface area contributed by atoms with Gasteiger partial charge in [0.05, 0.1) is 6.04 Å². The SMILES string of the molecule is Cc1cc(C(=O)N[C@H]2CCCCN(C)C(=O)CC[C@@H](C=O)NC(=O)[C@@H]3C[C@@H](c4ccccc4)CN3C2=O)no1. The first kappa shape index (κ1) is 28.0. The summed E-state index contributed by atoms with van der Waals surface area (Å²) >= 11 is 0. The Kier molecular flexibility index (Phi) is 9.11. The average Bonchev–Trinajstić information content (AvgIpc) is 3.59. The number of rotatable bonds is 4. The molecule has 2 saturated heterocycles. The van der Waals surface area contributed by atoms with Crippen LogP contribution in [-0.4, -0.2) is 83.1 Å². The lowest BCUT2D eigenvalue weighted by Gasteiger charge is -2.29. The number of aldehydes is 1. The number of fused-ring (bicyclic) bond motifs is 1. The molecular weight excluding hydrogens is 502 g/mol. The van der Waals surface area contributed by atoms with Crippen LogP contribution in [0.4, 0.5) is 0 Å². The Bertz CT molecular complexity index is 1200. The van der Waals surface area contributed by atoms with Crippen LogP contribution in [0.3, 0.4) is 0 Å². The summed E-state index contributed by atoms with van der Waals surface area (Å²) in [5.41, 5.74) is 1.06. The first-order valence-corrected chi connectivity index (χ1v) is 13.4. The van der Waals surface area contributed by atoms with Crippen molar-refractivity contribution in [3.8, 4) is 0 Å². The Morgan fingerprint density at radius 3 is 2.62 bits per heavy atom. The van der Waals surface area contributed by atoms with E-state index in [2.05, 4.69) is 15.8 Å².